The molecule has 0 aliphatic heterocycles. The maximum absolute atomic E-state index is 13.3. The van der Waals surface area contributed by atoms with Crippen LogP contribution in [-0.4, -0.2) is 40.2 Å². The highest BCUT2D eigenvalue weighted by molar-refractivity contribution is 6.08. The SMILES string of the molecule is CC(C)Oc1cc(C(=O)O)ccc1NC(=O)c1ccc(NC(=O)c2ccc(N)c(OC(C)(C)C)c2)c(OC(C)(C)C)c1. The van der Waals surface area contributed by atoms with Gasteiger partial charge in [0.15, 0.2) is 0 Å². The molecule has 42 heavy (non-hydrogen) atoms. The van der Waals surface area contributed by atoms with E-state index in [2.05, 4.69) is 10.6 Å². The molecule has 3 rings (SSSR count). The first-order valence-corrected chi connectivity index (χ1v) is 13.5. The van der Waals surface area contributed by atoms with Crippen molar-refractivity contribution in [3.63, 3.8) is 0 Å². The number of ether oxygens (including phenoxy) is 3. The second-order valence-corrected chi connectivity index (χ2v) is 12.0. The van der Waals surface area contributed by atoms with Gasteiger partial charge in [0.1, 0.15) is 28.5 Å². The third-order valence-electron chi connectivity index (χ3n) is 5.44. The van der Waals surface area contributed by atoms with Gasteiger partial charge in [-0.25, -0.2) is 4.79 Å². The Kier molecular flexibility index (Phi) is 9.40. The summed E-state index contributed by atoms with van der Waals surface area (Å²) < 4.78 is 17.7. The number of benzene rings is 3. The standard InChI is InChI=1S/C32H39N3O7/c1-18(2)40-26-17-21(30(38)39)11-14-23(26)34-29(37)20-10-13-24(27(16-20)42-32(6,7)8)35-28(36)19-9-12-22(33)25(15-19)41-31(3,4)5/h9-18H,33H2,1-8H3,(H,34,37)(H,35,36)(H,38,39). The number of amides is 2. The number of hydrogen-bond donors (Lipinski definition) is 4. The Hall–Kier alpha value is -4.73. The first-order valence-electron chi connectivity index (χ1n) is 13.5. The van der Waals surface area contributed by atoms with Crippen molar-refractivity contribution in [2.24, 2.45) is 0 Å². The lowest BCUT2D eigenvalue weighted by Gasteiger charge is -2.24. The lowest BCUT2D eigenvalue weighted by molar-refractivity contribution is 0.0695. The molecule has 3 aromatic rings. The molecule has 3 aromatic carbocycles. The van der Waals surface area contributed by atoms with Crippen molar-refractivity contribution in [3.05, 3.63) is 71.3 Å². The Balaban J connectivity index is 1.91. The van der Waals surface area contributed by atoms with E-state index in [4.69, 9.17) is 19.9 Å². The molecule has 0 aromatic heterocycles. The lowest BCUT2D eigenvalue weighted by Crippen LogP contribution is -2.25. The summed E-state index contributed by atoms with van der Waals surface area (Å²) in [4.78, 5) is 37.9. The number of carboxylic acid groups (broad SMARTS) is 1. The van der Waals surface area contributed by atoms with Crippen LogP contribution in [0.2, 0.25) is 0 Å². The molecular formula is C32H39N3O7. The van der Waals surface area contributed by atoms with E-state index in [1.807, 2.05) is 41.5 Å². The molecule has 0 atom stereocenters. The molecule has 0 radical (unpaired) electrons. The van der Waals surface area contributed by atoms with Gasteiger partial charge in [0.2, 0.25) is 0 Å². The fraction of sp³-hybridized carbons (Fsp3) is 0.344. The molecule has 5 N–H and O–H groups in total. The number of carbonyl (C=O) groups excluding carboxylic acids is 2. The van der Waals surface area contributed by atoms with Crippen LogP contribution in [0.3, 0.4) is 0 Å². The van der Waals surface area contributed by atoms with Crippen LogP contribution in [-0.2, 0) is 0 Å². The Morgan fingerprint density at radius 3 is 1.62 bits per heavy atom. The smallest absolute Gasteiger partial charge is 0.335 e. The predicted molar refractivity (Wildman–Crippen MR) is 163 cm³/mol. The van der Waals surface area contributed by atoms with Crippen LogP contribution in [0, 0.1) is 0 Å². The number of nitrogen functional groups attached to an aromatic ring is 1. The van der Waals surface area contributed by atoms with E-state index >= 15 is 0 Å². The molecule has 0 saturated carbocycles. The molecule has 10 nitrogen and oxygen atoms in total. The third kappa shape index (κ3) is 8.89. The summed E-state index contributed by atoms with van der Waals surface area (Å²) in [5.41, 5.74) is 6.58. The summed E-state index contributed by atoms with van der Waals surface area (Å²) >= 11 is 0. The van der Waals surface area contributed by atoms with Gasteiger partial charge in [-0.1, -0.05) is 0 Å². The number of rotatable bonds is 9. The van der Waals surface area contributed by atoms with Crippen LogP contribution in [0.25, 0.3) is 0 Å². The van der Waals surface area contributed by atoms with Gasteiger partial charge < -0.3 is 35.7 Å². The van der Waals surface area contributed by atoms with Gasteiger partial charge in [-0.2, -0.15) is 0 Å². The molecule has 2 amide bonds. The highest BCUT2D eigenvalue weighted by Gasteiger charge is 2.21. The minimum atomic E-state index is -1.11. The average molecular weight is 578 g/mol. The fourth-order valence-electron chi connectivity index (χ4n) is 3.77. The monoisotopic (exact) mass is 577 g/mol. The fourth-order valence-corrected chi connectivity index (χ4v) is 3.77. The van der Waals surface area contributed by atoms with E-state index in [-0.39, 0.29) is 28.7 Å². The first-order chi connectivity index (χ1) is 19.4. The summed E-state index contributed by atoms with van der Waals surface area (Å²) in [5.74, 6) is -1.10. The largest absolute Gasteiger partial charge is 0.489 e. The van der Waals surface area contributed by atoms with Crippen molar-refractivity contribution in [2.75, 3.05) is 16.4 Å². The normalized spacial score (nSPS) is 11.5. The Morgan fingerprint density at radius 1 is 0.690 bits per heavy atom. The number of carbonyl (C=O) groups is 3. The highest BCUT2D eigenvalue weighted by Crippen LogP contribution is 2.33. The number of carboxylic acids is 1. The van der Waals surface area contributed by atoms with Crippen LogP contribution >= 0.6 is 0 Å². The minimum Gasteiger partial charge on any atom is -0.489 e. The van der Waals surface area contributed by atoms with E-state index < -0.39 is 29.0 Å². The molecule has 0 aliphatic rings. The summed E-state index contributed by atoms with van der Waals surface area (Å²) in [6.07, 6.45) is -0.253. The molecule has 0 heterocycles. The van der Waals surface area contributed by atoms with Gasteiger partial charge in [0.25, 0.3) is 11.8 Å². The van der Waals surface area contributed by atoms with E-state index in [1.165, 1.54) is 24.3 Å². The van der Waals surface area contributed by atoms with Gasteiger partial charge in [-0.3, -0.25) is 9.59 Å². The lowest BCUT2D eigenvalue weighted by atomic mass is 10.1. The Morgan fingerprint density at radius 2 is 1.12 bits per heavy atom. The zero-order valence-electron chi connectivity index (χ0n) is 25.2. The van der Waals surface area contributed by atoms with Gasteiger partial charge in [-0.15, -0.1) is 0 Å². The second kappa shape index (κ2) is 12.4. The maximum atomic E-state index is 13.3. The Labute approximate surface area is 246 Å². The van der Waals surface area contributed by atoms with Crippen LogP contribution in [0.15, 0.2) is 54.6 Å². The van der Waals surface area contributed by atoms with E-state index in [1.54, 1.807) is 44.2 Å². The second-order valence-electron chi connectivity index (χ2n) is 12.0. The van der Waals surface area contributed by atoms with Crippen molar-refractivity contribution >= 4 is 34.8 Å². The maximum Gasteiger partial charge on any atom is 0.335 e. The number of anilines is 3. The number of hydrogen-bond acceptors (Lipinski definition) is 7. The van der Waals surface area contributed by atoms with E-state index in [0.717, 1.165) is 0 Å². The zero-order chi connectivity index (χ0) is 31.4. The van der Waals surface area contributed by atoms with Gasteiger partial charge in [0, 0.05) is 11.1 Å². The first kappa shape index (κ1) is 31.8. The third-order valence-corrected chi connectivity index (χ3v) is 5.44. The van der Waals surface area contributed by atoms with Gasteiger partial charge in [-0.05, 0) is 110 Å². The predicted octanol–water partition coefficient (Wildman–Crippen LogP) is 6.61. The molecule has 0 aliphatic carbocycles. The number of aromatic carboxylic acids is 1. The quantitative estimate of drug-likeness (QED) is 0.208. The zero-order valence-corrected chi connectivity index (χ0v) is 25.2. The summed E-state index contributed by atoms with van der Waals surface area (Å²) in [7, 11) is 0. The average Bonchev–Trinajstić information content (AvgIpc) is 2.85. The van der Waals surface area contributed by atoms with E-state index in [0.29, 0.717) is 28.4 Å². The van der Waals surface area contributed by atoms with Crippen LogP contribution < -0.4 is 30.6 Å². The summed E-state index contributed by atoms with van der Waals surface area (Å²) in [6, 6.07) is 13.7. The number of nitrogens with two attached hydrogens (primary N) is 1. The van der Waals surface area contributed by atoms with Crippen LogP contribution in [0.4, 0.5) is 17.1 Å². The van der Waals surface area contributed by atoms with Crippen molar-refractivity contribution in [1.82, 2.24) is 0 Å². The molecule has 10 heteroatoms. The van der Waals surface area contributed by atoms with Crippen LogP contribution in [0.1, 0.15) is 86.5 Å². The van der Waals surface area contributed by atoms with E-state index in [9.17, 15) is 19.5 Å². The summed E-state index contributed by atoms with van der Waals surface area (Å²) in [6.45, 7) is 14.8. The molecule has 0 unspecified atom stereocenters. The molecular weight excluding hydrogens is 538 g/mol. The molecule has 0 saturated heterocycles. The minimum absolute atomic E-state index is 0.0304. The molecule has 0 fully saturated rings. The van der Waals surface area contributed by atoms with Gasteiger partial charge >= 0.3 is 5.97 Å². The van der Waals surface area contributed by atoms with Crippen molar-refractivity contribution in [3.8, 4) is 17.2 Å². The van der Waals surface area contributed by atoms with Crippen molar-refractivity contribution in [2.45, 2.75) is 72.7 Å². The Bertz CT molecular complexity index is 1480. The summed E-state index contributed by atoms with van der Waals surface area (Å²) in [5, 5.41) is 15.0. The van der Waals surface area contributed by atoms with Crippen molar-refractivity contribution in [1.29, 1.82) is 0 Å². The van der Waals surface area contributed by atoms with Crippen molar-refractivity contribution < 1.29 is 33.7 Å². The molecule has 0 bridgehead atoms. The topological polar surface area (TPSA) is 149 Å². The molecule has 224 valence electrons. The highest BCUT2D eigenvalue weighted by atomic mass is 16.5. The number of nitrogens with one attached hydrogen (secondary N) is 2. The molecule has 0 spiro atoms. The van der Waals surface area contributed by atoms with Gasteiger partial charge in [0.05, 0.1) is 28.7 Å². The van der Waals surface area contributed by atoms with Crippen LogP contribution in [0.5, 0.6) is 17.2 Å².